The van der Waals surface area contributed by atoms with Crippen molar-refractivity contribution in [3.63, 3.8) is 0 Å². The van der Waals surface area contributed by atoms with Gasteiger partial charge in [-0.15, -0.1) is 0 Å². The molecule has 2 atom stereocenters. The van der Waals surface area contributed by atoms with Crippen LogP contribution in [0.1, 0.15) is 44.9 Å². The van der Waals surface area contributed by atoms with E-state index in [1.165, 1.54) is 58.0 Å². The van der Waals surface area contributed by atoms with Gasteiger partial charge in [0.1, 0.15) is 0 Å². The third-order valence-corrected chi connectivity index (χ3v) is 6.03. The summed E-state index contributed by atoms with van der Waals surface area (Å²) in [5.41, 5.74) is 0. The largest absolute Gasteiger partial charge is 0.342 e. The molecular weight excluding hydrogens is 236 g/mol. The Balaban J connectivity index is 1.28. The van der Waals surface area contributed by atoms with Gasteiger partial charge in [0.05, 0.1) is 0 Å². The van der Waals surface area contributed by atoms with Gasteiger partial charge in [0.15, 0.2) is 0 Å². The van der Waals surface area contributed by atoms with Gasteiger partial charge in [-0.25, -0.2) is 0 Å². The lowest BCUT2D eigenvalue weighted by Gasteiger charge is -2.37. The van der Waals surface area contributed by atoms with Crippen LogP contribution in [0.15, 0.2) is 0 Å². The van der Waals surface area contributed by atoms with E-state index in [1.807, 2.05) is 0 Å². The Morgan fingerprint density at radius 3 is 2.11 bits per heavy atom. The quantitative estimate of drug-likeness (QED) is 0.761. The lowest BCUT2D eigenvalue weighted by Crippen LogP contribution is -2.47. The molecule has 0 N–H and O–H groups in total. The molecule has 4 aliphatic rings. The van der Waals surface area contributed by atoms with Crippen molar-refractivity contribution in [2.45, 2.75) is 51.0 Å². The molecule has 0 bridgehead atoms. The van der Waals surface area contributed by atoms with Gasteiger partial charge in [-0.2, -0.15) is 0 Å². The molecule has 19 heavy (non-hydrogen) atoms. The maximum absolute atomic E-state index is 12.5. The summed E-state index contributed by atoms with van der Waals surface area (Å²) in [6, 6.07) is 0.767. The fourth-order valence-electron chi connectivity index (χ4n) is 4.73. The van der Waals surface area contributed by atoms with Crippen LogP contribution in [0.3, 0.4) is 0 Å². The lowest BCUT2D eigenvalue weighted by molar-refractivity contribution is -0.137. The van der Waals surface area contributed by atoms with Crippen molar-refractivity contribution >= 4 is 5.91 Å². The fourth-order valence-corrected chi connectivity index (χ4v) is 4.73. The Morgan fingerprint density at radius 1 is 0.842 bits per heavy atom. The molecule has 2 aliphatic carbocycles. The molecule has 0 radical (unpaired) electrons. The first-order chi connectivity index (χ1) is 9.31. The van der Waals surface area contributed by atoms with Crippen molar-refractivity contribution in [3.8, 4) is 0 Å². The number of carbonyl (C=O) groups excluding carboxylic acids is 1. The molecule has 1 amide bonds. The molecule has 3 heteroatoms. The number of likely N-dealkylation sites (tertiary alicyclic amines) is 2. The van der Waals surface area contributed by atoms with E-state index in [4.69, 9.17) is 0 Å². The zero-order valence-electron chi connectivity index (χ0n) is 11.9. The number of amides is 1. The molecular formula is C16H26N2O. The summed E-state index contributed by atoms with van der Waals surface area (Å²) in [7, 11) is 0. The van der Waals surface area contributed by atoms with Gasteiger partial charge in [0.25, 0.3) is 0 Å². The molecule has 2 unspecified atom stereocenters. The van der Waals surface area contributed by atoms with Crippen molar-refractivity contribution in [1.29, 1.82) is 0 Å². The predicted molar refractivity (Wildman–Crippen MR) is 74.7 cm³/mol. The number of carbonyl (C=O) groups is 1. The number of fused-ring (bicyclic) bond motifs is 1. The van der Waals surface area contributed by atoms with E-state index >= 15 is 0 Å². The molecule has 2 saturated carbocycles. The molecule has 106 valence electrons. The Morgan fingerprint density at radius 2 is 1.47 bits per heavy atom. The van der Waals surface area contributed by atoms with E-state index < -0.39 is 0 Å². The van der Waals surface area contributed by atoms with E-state index in [1.54, 1.807) is 0 Å². The highest BCUT2D eigenvalue weighted by molar-refractivity contribution is 5.79. The topological polar surface area (TPSA) is 23.6 Å². The Bertz CT molecular complexity index is 346. The maximum atomic E-state index is 12.5. The van der Waals surface area contributed by atoms with Crippen molar-refractivity contribution in [3.05, 3.63) is 0 Å². The summed E-state index contributed by atoms with van der Waals surface area (Å²) in [5.74, 6) is 2.74. The Hall–Kier alpha value is -0.570. The first-order valence-corrected chi connectivity index (χ1v) is 8.34. The van der Waals surface area contributed by atoms with Crippen LogP contribution < -0.4 is 0 Å². The zero-order chi connectivity index (χ0) is 12.8. The smallest absolute Gasteiger partial charge is 0.225 e. The van der Waals surface area contributed by atoms with Gasteiger partial charge in [-0.1, -0.05) is 0 Å². The van der Waals surface area contributed by atoms with Gasteiger partial charge in [-0.3, -0.25) is 4.79 Å². The van der Waals surface area contributed by atoms with E-state index in [0.29, 0.717) is 11.8 Å². The fraction of sp³-hybridized carbons (Fsp3) is 0.938. The Kier molecular flexibility index (Phi) is 3.06. The summed E-state index contributed by atoms with van der Waals surface area (Å²) in [4.78, 5) is 17.3. The van der Waals surface area contributed by atoms with E-state index in [-0.39, 0.29) is 0 Å². The molecule has 2 saturated heterocycles. The molecule has 3 nitrogen and oxygen atoms in total. The summed E-state index contributed by atoms with van der Waals surface area (Å²) in [6.45, 7) is 4.63. The molecule has 0 aromatic heterocycles. The summed E-state index contributed by atoms with van der Waals surface area (Å²) in [5, 5.41) is 0. The van der Waals surface area contributed by atoms with Crippen LogP contribution in [-0.2, 0) is 4.79 Å². The molecule has 0 spiro atoms. The molecule has 2 aliphatic heterocycles. The van der Waals surface area contributed by atoms with Crippen LogP contribution in [0, 0.1) is 17.8 Å². The highest BCUT2D eigenvalue weighted by atomic mass is 16.2. The molecule has 0 aromatic rings. The third kappa shape index (κ3) is 2.31. The normalized spacial score (nSPS) is 39.6. The molecule has 0 aromatic carbocycles. The number of nitrogens with zero attached hydrogens (tertiary/aromatic N) is 2. The second-order valence-corrected chi connectivity index (χ2v) is 7.22. The van der Waals surface area contributed by atoms with Crippen LogP contribution in [0.25, 0.3) is 0 Å². The van der Waals surface area contributed by atoms with Crippen LogP contribution in [0.5, 0.6) is 0 Å². The minimum atomic E-state index is 0.395. The third-order valence-electron chi connectivity index (χ3n) is 6.03. The van der Waals surface area contributed by atoms with Crippen LogP contribution in [0.4, 0.5) is 0 Å². The maximum Gasteiger partial charge on any atom is 0.225 e. The average Bonchev–Trinajstić information content (AvgIpc) is 2.88. The monoisotopic (exact) mass is 262 g/mol. The van der Waals surface area contributed by atoms with E-state index in [0.717, 1.165) is 31.0 Å². The van der Waals surface area contributed by atoms with Gasteiger partial charge < -0.3 is 9.80 Å². The van der Waals surface area contributed by atoms with Gasteiger partial charge in [0.2, 0.25) is 5.91 Å². The van der Waals surface area contributed by atoms with Crippen molar-refractivity contribution in [2.75, 3.05) is 26.2 Å². The number of hydrogen-bond acceptors (Lipinski definition) is 2. The summed E-state index contributed by atoms with van der Waals surface area (Å²) >= 11 is 0. The molecule has 2 heterocycles. The van der Waals surface area contributed by atoms with E-state index in [2.05, 4.69) is 9.80 Å². The van der Waals surface area contributed by atoms with Gasteiger partial charge >= 0.3 is 0 Å². The number of hydrogen-bond donors (Lipinski definition) is 0. The second-order valence-electron chi connectivity index (χ2n) is 7.22. The molecule has 4 rings (SSSR count). The van der Waals surface area contributed by atoms with Gasteiger partial charge in [-0.05, 0) is 69.9 Å². The zero-order valence-corrected chi connectivity index (χ0v) is 11.9. The first kappa shape index (κ1) is 12.2. The van der Waals surface area contributed by atoms with Crippen LogP contribution in [0.2, 0.25) is 0 Å². The standard InChI is InChI=1S/C16H26N2O/c19-16(14-10-12-9-13(12)11-14)18-7-3-15(4-8-18)17-5-1-2-6-17/h12-15H,1-11H2. The number of rotatable bonds is 2. The minimum Gasteiger partial charge on any atom is -0.342 e. The van der Waals surface area contributed by atoms with Gasteiger partial charge in [0, 0.05) is 25.0 Å². The SMILES string of the molecule is O=C(C1CC2CC2C1)N1CCC(N2CCCC2)CC1. The summed E-state index contributed by atoms with van der Waals surface area (Å²) < 4.78 is 0. The van der Waals surface area contributed by atoms with Crippen LogP contribution in [-0.4, -0.2) is 47.9 Å². The highest BCUT2D eigenvalue weighted by Crippen LogP contribution is 2.54. The Labute approximate surface area is 116 Å². The molecule has 4 fully saturated rings. The van der Waals surface area contributed by atoms with Crippen molar-refractivity contribution in [1.82, 2.24) is 9.80 Å². The van der Waals surface area contributed by atoms with Crippen molar-refractivity contribution < 1.29 is 4.79 Å². The average molecular weight is 262 g/mol. The van der Waals surface area contributed by atoms with E-state index in [9.17, 15) is 4.79 Å². The highest BCUT2D eigenvalue weighted by Gasteiger charge is 2.49. The lowest BCUT2D eigenvalue weighted by atomic mass is 9.98. The first-order valence-electron chi connectivity index (χ1n) is 8.34. The van der Waals surface area contributed by atoms with Crippen LogP contribution >= 0.6 is 0 Å². The minimum absolute atomic E-state index is 0.395. The van der Waals surface area contributed by atoms with Crippen molar-refractivity contribution in [2.24, 2.45) is 17.8 Å². The second kappa shape index (κ2) is 4.76. The summed E-state index contributed by atoms with van der Waals surface area (Å²) in [6.07, 6.45) is 9.01. The predicted octanol–water partition coefficient (Wildman–Crippen LogP) is 2.12. The number of piperidine rings is 1.